The minimum Gasteiger partial charge on any atom is -0.388 e. The molecule has 2 unspecified atom stereocenters. The van der Waals surface area contributed by atoms with Gasteiger partial charge >= 0.3 is 0 Å². The fraction of sp³-hybridized carbons (Fsp3) is 0.375. The summed E-state index contributed by atoms with van der Waals surface area (Å²) in [5.41, 5.74) is 2.70. The molecule has 1 nitrogen and oxygen atoms in total. The zero-order chi connectivity index (χ0) is 13.4. The maximum absolute atomic E-state index is 13.3. The van der Waals surface area contributed by atoms with Crippen LogP contribution in [0.1, 0.15) is 46.4 Å². The molecular formula is C16H17FOS. The molecular weight excluding hydrogens is 259 g/mol. The molecule has 100 valence electrons. The van der Waals surface area contributed by atoms with Gasteiger partial charge in [0.2, 0.25) is 0 Å². The third-order valence-corrected chi connectivity index (χ3v) is 5.00. The van der Waals surface area contributed by atoms with E-state index in [0.717, 1.165) is 24.8 Å². The van der Waals surface area contributed by atoms with Crippen molar-refractivity contribution in [1.29, 1.82) is 0 Å². The van der Waals surface area contributed by atoms with Crippen LogP contribution in [0.25, 0.3) is 0 Å². The Morgan fingerprint density at radius 1 is 1.37 bits per heavy atom. The molecule has 19 heavy (non-hydrogen) atoms. The first kappa shape index (κ1) is 12.8. The van der Waals surface area contributed by atoms with E-state index in [1.54, 1.807) is 30.4 Å². The van der Waals surface area contributed by atoms with Gasteiger partial charge in [0.15, 0.2) is 0 Å². The minimum absolute atomic E-state index is 0.153. The van der Waals surface area contributed by atoms with Gasteiger partial charge in [-0.2, -0.15) is 0 Å². The van der Waals surface area contributed by atoms with Gasteiger partial charge in [-0.15, -0.1) is 11.3 Å². The zero-order valence-electron chi connectivity index (χ0n) is 10.9. The van der Waals surface area contributed by atoms with Crippen LogP contribution in [-0.2, 0) is 6.42 Å². The highest BCUT2D eigenvalue weighted by molar-refractivity contribution is 7.10. The Kier molecular flexibility index (Phi) is 3.42. The molecule has 0 spiro atoms. The Labute approximate surface area is 116 Å². The topological polar surface area (TPSA) is 20.2 Å². The second-order valence-corrected chi connectivity index (χ2v) is 6.25. The van der Waals surface area contributed by atoms with Gasteiger partial charge in [0.1, 0.15) is 5.82 Å². The van der Waals surface area contributed by atoms with Crippen LogP contribution in [0.4, 0.5) is 4.39 Å². The van der Waals surface area contributed by atoms with E-state index in [9.17, 15) is 9.50 Å². The number of halogens is 1. The molecule has 0 aliphatic heterocycles. The maximum Gasteiger partial charge on any atom is 0.126 e. The largest absolute Gasteiger partial charge is 0.388 e. The number of aliphatic hydroxyl groups excluding tert-OH is 1. The summed E-state index contributed by atoms with van der Waals surface area (Å²) in [7, 11) is 0. The van der Waals surface area contributed by atoms with Crippen molar-refractivity contribution in [1.82, 2.24) is 0 Å². The number of fused-ring (bicyclic) bond motifs is 1. The lowest BCUT2D eigenvalue weighted by Gasteiger charge is -2.27. The highest BCUT2D eigenvalue weighted by Crippen LogP contribution is 2.42. The van der Waals surface area contributed by atoms with E-state index in [-0.39, 0.29) is 11.7 Å². The van der Waals surface area contributed by atoms with Gasteiger partial charge in [0, 0.05) is 10.8 Å². The van der Waals surface area contributed by atoms with Gasteiger partial charge in [-0.05, 0) is 60.4 Å². The second-order valence-electron chi connectivity index (χ2n) is 5.25. The average molecular weight is 276 g/mol. The molecule has 1 N–H and O–H groups in total. The molecule has 0 amide bonds. The van der Waals surface area contributed by atoms with E-state index >= 15 is 0 Å². The molecule has 1 aliphatic carbocycles. The summed E-state index contributed by atoms with van der Waals surface area (Å²) < 4.78 is 13.3. The predicted octanol–water partition coefficient (Wildman–Crippen LogP) is 4.35. The molecule has 0 radical (unpaired) electrons. The Bertz CT molecular complexity index is 590. The number of rotatable bonds is 2. The van der Waals surface area contributed by atoms with Crippen LogP contribution >= 0.6 is 11.3 Å². The molecule has 3 rings (SSSR count). The number of hydrogen-bond donors (Lipinski definition) is 1. The monoisotopic (exact) mass is 276 g/mol. The Hall–Kier alpha value is -1.19. The van der Waals surface area contributed by atoms with E-state index in [2.05, 4.69) is 11.4 Å². The Morgan fingerprint density at radius 3 is 3.00 bits per heavy atom. The molecule has 0 saturated carbocycles. The first-order chi connectivity index (χ1) is 9.16. The van der Waals surface area contributed by atoms with Gasteiger partial charge in [0.05, 0.1) is 6.10 Å². The third-order valence-electron chi connectivity index (χ3n) is 4.00. The van der Waals surface area contributed by atoms with Crippen LogP contribution in [0.2, 0.25) is 0 Å². The van der Waals surface area contributed by atoms with Gasteiger partial charge in [-0.1, -0.05) is 12.1 Å². The predicted molar refractivity (Wildman–Crippen MR) is 76.1 cm³/mol. The van der Waals surface area contributed by atoms with Crippen molar-refractivity contribution >= 4 is 11.3 Å². The van der Waals surface area contributed by atoms with E-state index < -0.39 is 6.10 Å². The van der Waals surface area contributed by atoms with E-state index in [4.69, 9.17) is 0 Å². The summed E-state index contributed by atoms with van der Waals surface area (Å²) in [6.45, 7) is 1.74. The highest BCUT2D eigenvalue weighted by atomic mass is 32.1. The molecule has 1 aromatic carbocycles. The lowest BCUT2D eigenvalue weighted by molar-refractivity contribution is 0.136. The first-order valence-corrected chi connectivity index (χ1v) is 7.55. The lowest BCUT2D eigenvalue weighted by atomic mass is 9.81. The fourth-order valence-corrected chi connectivity index (χ4v) is 3.93. The summed E-state index contributed by atoms with van der Waals surface area (Å²) in [6.07, 6.45) is 2.71. The van der Waals surface area contributed by atoms with Crippen LogP contribution in [0.15, 0.2) is 29.6 Å². The van der Waals surface area contributed by atoms with Gasteiger partial charge < -0.3 is 5.11 Å². The summed E-state index contributed by atoms with van der Waals surface area (Å²) in [5.74, 6) is -0.0596. The summed E-state index contributed by atoms with van der Waals surface area (Å²) in [6, 6.07) is 7.04. The van der Waals surface area contributed by atoms with Crippen molar-refractivity contribution in [3.63, 3.8) is 0 Å². The number of benzene rings is 1. The van der Waals surface area contributed by atoms with Crippen molar-refractivity contribution < 1.29 is 9.50 Å². The normalized spacial score (nSPS) is 20.1. The van der Waals surface area contributed by atoms with Crippen molar-refractivity contribution in [3.05, 3.63) is 57.0 Å². The third kappa shape index (κ3) is 2.33. The molecule has 1 heterocycles. The average Bonchev–Trinajstić information content (AvgIpc) is 2.89. The zero-order valence-corrected chi connectivity index (χ0v) is 11.7. The van der Waals surface area contributed by atoms with E-state index in [1.165, 1.54) is 16.5 Å². The summed E-state index contributed by atoms with van der Waals surface area (Å²) in [4.78, 5) is 1.40. The van der Waals surface area contributed by atoms with Gasteiger partial charge in [-0.3, -0.25) is 0 Å². The molecule has 0 fully saturated rings. The fourth-order valence-electron chi connectivity index (χ4n) is 2.93. The van der Waals surface area contributed by atoms with Crippen LogP contribution in [0.3, 0.4) is 0 Å². The number of thiophene rings is 1. The van der Waals surface area contributed by atoms with Crippen molar-refractivity contribution in [2.75, 3.05) is 0 Å². The van der Waals surface area contributed by atoms with Crippen LogP contribution in [0.5, 0.6) is 0 Å². The van der Waals surface area contributed by atoms with Gasteiger partial charge in [-0.25, -0.2) is 4.39 Å². The van der Waals surface area contributed by atoms with Crippen molar-refractivity contribution in [2.24, 2.45) is 0 Å². The minimum atomic E-state index is -0.534. The summed E-state index contributed by atoms with van der Waals surface area (Å²) in [5, 5.41) is 12.7. The number of hydrogen-bond acceptors (Lipinski definition) is 2. The van der Waals surface area contributed by atoms with Gasteiger partial charge in [0.25, 0.3) is 0 Å². The standard InChI is InChI=1S/C16H17FOS/c1-10-9-11(5-6-14(10)17)16(18)13-3-2-4-15-12(13)7-8-19-15/h5-9,13,16,18H,2-4H2,1H3. The molecule has 2 aromatic rings. The van der Waals surface area contributed by atoms with Crippen LogP contribution < -0.4 is 0 Å². The summed E-state index contributed by atoms with van der Waals surface area (Å²) >= 11 is 1.78. The van der Waals surface area contributed by atoms with E-state index in [1.807, 2.05) is 0 Å². The second kappa shape index (κ2) is 5.06. The molecule has 1 aliphatic rings. The van der Waals surface area contributed by atoms with Crippen molar-refractivity contribution in [3.8, 4) is 0 Å². The smallest absolute Gasteiger partial charge is 0.126 e. The van der Waals surface area contributed by atoms with Crippen LogP contribution in [-0.4, -0.2) is 5.11 Å². The SMILES string of the molecule is Cc1cc(C(O)C2CCCc3sccc32)ccc1F. The quantitative estimate of drug-likeness (QED) is 0.864. The molecule has 3 heteroatoms. The van der Waals surface area contributed by atoms with Crippen LogP contribution in [0, 0.1) is 12.7 Å². The first-order valence-electron chi connectivity index (χ1n) is 6.67. The molecule has 1 aromatic heterocycles. The molecule has 2 atom stereocenters. The molecule has 0 bridgehead atoms. The molecule has 0 saturated heterocycles. The maximum atomic E-state index is 13.3. The highest BCUT2D eigenvalue weighted by Gasteiger charge is 2.28. The Morgan fingerprint density at radius 2 is 2.21 bits per heavy atom. The van der Waals surface area contributed by atoms with E-state index in [0.29, 0.717) is 5.56 Å². The number of aryl methyl sites for hydroxylation is 2. The lowest BCUT2D eigenvalue weighted by Crippen LogP contribution is -2.15. The van der Waals surface area contributed by atoms with Crippen molar-refractivity contribution in [2.45, 2.75) is 38.2 Å². The Balaban J connectivity index is 1.93. The number of aliphatic hydroxyl groups is 1.